The summed E-state index contributed by atoms with van der Waals surface area (Å²) in [6.07, 6.45) is 0.954. The number of hydrogen-bond acceptors (Lipinski definition) is 4. The largest absolute Gasteiger partial charge is 0.482 e. The molecule has 28 heavy (non-hydrogen) atoms. The van der Waals surface area contributed by atoms with Gasteiger partial charge in [-0.25, -0.2) is 4.39 Å². The van der Waals surface area contributed by atoms with Crippen molar-refractivity contribution in [2.75, 3.05) is 45.2 Å². The Labute approximate surface area is 166 Å². The van der Waals surface area contributed by atoms with Crippen LogP contribution in [0.15, 0.2) is 42.5 Å². The van der Waals surface area contributed by atoms with E-state index < -0.39 is 0 Å². The van der Waals surface area contributed by atoms with Crippen LogP contribution in [0.3, 0.4) is 0 Å². The number of rotatable bonds is 7. The predicted molar refractivity (Wildman–Crippen MR) is 109 cm³/mol. The first-order valence-corrected chi connectivity index (χ1v) is 9.77. The van der Waals surface area contributed by atoms with Crippen LogP contribution in [-0.4, -0.2) is 55.5 Å². The SMILES string of the molecule is CCc1ccc(OCC(=O)N2CCN(Cc3ccc(F)cc3)CC2)c(NC)c1. The second-order valence-corrected chi connectivity index (χ2v) is 7.01. The Morgan fingerprint density at radius 2 is 1.75 bits per heavy atom. The first-order valence-electron chi connectivity index (χ1n) is 9.77. The minimum absolute atomic E-state index is 0.00283. The van der Waals surface area contributed by atoms with E-state index in [4.69, 9.17) is 4.74 Å². The lowest BCUT2D eigenvalue weighted by molar-refractivity contribution is -0.135. The number of hydrogen-bond donors (Lipinski definition) is 1. The van der Waals surface area contributed by atoms with E-state index in [1.54, 1.807) is 0 Å². The molecule has 2 aromatic rings. The van der Waals surface area contributed by atoms with Crippen LogP contribution in [0.2, 0.25) is 0 Å². The fourth-order valence-corrected chi connectivity index (χ4v) is 3.35. The molecule has 150 valence electrons. The van der Waals surface area contributed by atoms with Crippen molar-refractivity contribution in [2.24, 2.45) is 0 Å². The van der Waals surface area contributed by atoms with Gasteiger partial charge in [-0.05, 0) is 41.8 Å². The van der Waals surface area contributed by atoms with Crippen LogP contribution in [0, 0.1) is 5.82 Å². The summed E-state index contributed by atoms with van der Waals surface area (Å²) in [6.45, 7) is 5.88. The van der Waals surface area contributed by atoms with Crippen molar-refractivity contribution in [3.63, 3.8) is 0 Å². The van der Waals surface area contributed by atoms with E-state index in [2.05, 4.69) is 17.1 Å². The van der Waals surface area contributed by atoms with Crippen molar-refractivity contribution in [3.05, 3.63) is 59.4 Å². The molecule has 1 aliphatic rings. The van der Waals surface area contributed by atoms with Gasteiger partial charge in [-0.1, -0.05) is 25.1 Å². The van der Waals surface area contributed by atoms with Crippen LogP contribution < -0.4 is 10.1 Å². The summed E-state index contributed by atoms with van der Waals surface area (Å²) >= 11 is 0. The number of benzene rings is 2. The lowest BCUT2D eigenvalue weighted by atomic mass is 10.1. The molecule has 1 aliphatic heterocycles. The summed E-state index contributed by atoms with van der Waals surface area (Å²) in [7, 11) is 1.85. The molecule has 1 heterocycles. The van der Waals surface area contributed by atoms with Crippen LogP contribution in [-0.2, 0) is 17.8 Å². The van der Waals surface area contributed by atoms with E-state index in [0.717, 1.165) is 37.3 Å². The van der Waals surface area contributed by atoms with E-state index in [0.29, 0.717) is 18.8 Å². The fourth-order valence-electron chi connectivity index (χ4n) is 3.35. The van der Waals surface area contributed by atoms with E-state index in [1.807, 2.05) is 42.3 Å². The number of aryl methyl sites for hydroxylation is 1. The summed E-state index contributed by atoms with van der Waals surface area (Å²) in [6, 6.07) is 12.6. The number of carbonyl (C=O) groups excluding carboxylic acids is 1. The zero-order valence-corrected chi connectivity index (χ0v) is 16.6. The van der Waals surface area contributed by atoms with Gasteiger partial charge in [0.15, 0.2) is 6.61 Å². The van der Waals surface area contributed by atoms with Crippen molar-refractivity contribution >= 4 is 11.6 Å². The zero-order valence-electron chi connectivity index (χ0n) is 16.6. The molecule has 0 spiro atoms. The Kier molecular flexibility index (Phi) is 6.87. The van der Waals surface area contributed by atoms with Crippen molar-refractivity contribution in [3.8, 4) is 5.75 Å². The average Bonchev–Trinajstić information content (AvgIpc) is 2.74. The second-order valence-electron chi connectivity index (χ2n) is 7.01. The normalized spacial score (nSPS) is 14.8. The van der Waals surface area contributed by atoms with Gasteiger partial charge in [0.2, 0.25) is 0 Å². The maximum atomic E-state index is 13.0. The highest BCUT2D eigenvalue weighted by atomic mass is 19.1. The van der Waals surface area contributed by atoms with E-state index >= 15 is 0 Å². The molecule has 6 heteroatoms. The number of halogens is 1. The number of nitrogens with one attached hydrogen (secondary N) is 1. The van der Waals surface area contributed by atoms with Gasteiger partial charge in [0.25, 0.3) is 5.91 Å². The Bertz CT molecular complexity index is 787. The molecule has 0 bridgehead atoms. The molecule has 2 aromatic carbocycles. The molecule has 1 N–H and O–H groups in total. The number of ether oxygens (including phenoxy) is 1. The van der Waals surface area contributed by atoms with Gasteiger partial charge in [0.05, 0.1) is 5.69 Å². The Hall–Kier alpha value is -2.60. The van der Waals surface area contributed by atoms with Gasteiger partial charge in [0.1, 0.15) is 11.6 Å². The molecule has 0 saturated carbocycles. The first kappa shape index (κ1) is 20.1. The maximum absolute atomic E-state index is 13.0. The third-order valence-electron chi connectivity index (χ3n) is 5.12. The van der Waals surface area contributed by atoms with Gasteiger partial charge < -0.3 is 15.0 Å². The van der Waals surface area contributed by atoms with Crippen LogP contribution in [0.1, 0.15) is 18.1 Å². The quantitative estimate of drug-likeness (QED) is 0.795. The molecule has 0 unspecified atom stereocenters. The van der Waals surface area contributed by atoms with Gasteiger partial charge >= 0.3 is 0 Å². The third kappa shape index (κ3) is 5.23. The number of amides is 1. The molecule has 5 nitrogen and oxygen atoms in total. The zero-order chi connectivity index (χ0) is 19.9. The minimum atomic E-state index is -0.218. The standard InChI is InChI=1S/C22H28FN3O2/c1-3-17-6-9-21(20(14-17)24-2)28-16-22(27)26-12-10-25(11-13-26)15-18-4-7-19(23)8-5-18/h4-9,14,24H,3,10-13,15-16H2,1-2H3. The number of carbonyl (C=O) groups is 1. The highest BCUT2D eigenvalue weighted by molar-refractivity contribution is 5.78. The molecule has 1 fully saturated rings. The van der Waals surface area contributed by atoms with Gasteiger partial charge in [0, 0.05) is 39.8 Å². The third-order valence-corrected chi connectivity index (χ3v) is 5.12. The summed E-state index contributed by atoms with van der Waals surface area (Å²) in [5.74, 6) is 0.482. The van der Waals surface area contributed by atoms with E-state index in [9.17, 15) is 9.18 Å². The monoisotopic (exact) mass is 385 g/mol. The molecule has 0 aromatic heterocycles. The highest BCUT2D eigenvalue weighted by Crippen LogP contribution is 2.25. The van der Waals surface area contributed by atoms with Crippen molar-refractivity contribution in [1.29, 1.82) is 0 Å². The highest BCUT2D eigenvalue weighted by Gasteiger charge is 2.21. The molecule has 0 radical (unpaired) electrons. The lowest BCUT2D eigenvalue weighted by Crippen LogP contribution is -2.49. The molecule has 0 atom stereocenters. The topological polar surface area (TPSA) is 44.8 Å². The summed E-state index contributed by atoms with van der Waals surface area (Å²) in [5.41, 5.74) is 3.20. The first-order chi connectivity index (χ1) is 13.6. The van der Waals surface area contributed by atoms with Gasteiger partial charge in [-0.3, -0.25) is 9.69 Å². The molecular formula is C22H28FN3O2. The molecule has 3 rings (SSSR count). The maximum Gasteiger partial charge on any atom is 0.260 e. The van der Waals surface area contributed by atoms with E-state index in [1.165, 1.54) is 17.7 Å². The summed E-state index contributed by atoms with van der Waals surface area (Å²) in [4.78, 5) is 16.6. The smallest absolute Gasteiger partial charge is 0.260 e. The number of nitrogens with zero attached hydrogens (tertiary/aromatic N) is 2. The Morgan fingerprint density at radius 3 is 2.39 bits per heavy atom. The average molecular weight is 385 g/mol. The van der Waals surface area contributed by atoms with Crippen molar-refractivity contribution in [1.82, 2.24) is 9.80 Å². The number of piperazine rings is 1. The molecule has 1 amide bonds. The van der Waals surface area contributed by atoms with Crippen LogP contribution in [0.4, 0.5) is 10.1 Å². The van der Waals surface area contributed by atoms with Gasteiger partial charge in [-0.2, -0.15) is 0 Å². The fraction of sp³-hybridized carbons (Fsp3) is 0.409. The number of anilines is 1. The molecular weight excluding hydrogens is 357 g/mol. The van der Waals surface area contributed by atoms with Crippen LogP contribution in [0.5, 0.6) is 5.75 Å². The van der Waals surface area contributed by atoms with Crippen LogP contribution >= 0.6 is 0 Å². The predicted octanol–water partition coefficient (Wildman–Crippen LogP) is 3.15. The van der Waals surface area contributed by atoms with Crippen LogP contribution in [0.25, 0.3) is 0 Å². The molecule has 0 aliphatic carbocycles. The second kappa shape index (κ2) is 9.55. The van der Waals surface area contributed by atoms with E-state index in [-0.39, 0.29) is 18.3 Å². The van der Waals surface area contributed by atoms with Crippen molar-refractivity contribution < 1.29 is 13.9 Å². The Balaban J connectivity index is 1.47. The summed E-state index contributed by atoms with van der Waals surface area (Å²) < 4.78 is 18.8. The minimum Gasteiger partial charge on any atom is -0.482 e. The van der Waals surface area contributed by atoms with Crippen molar-refractivity contribution in [2.45, 2.75) is 19.9 Å². The summed E-state index contributed by atoms with van der Waals surface area (Å²) in [5, 5.41) is 3.13. The lowest BCUT2D eigenvalue weighted by Gasteiger charge is -2.34. The molecule has 1 saturated heterocycles. The Morgan fingerprint density at radius 1 is 1.07 bits per heavy atom. The van der Waals surface area contributed by atoms with Gasteiger partial charge in [-0.15, -0.1) is 0 Å².